The molecule has 0 bridgehead atoms. The van der Waals surface area contributed by atoms with Crippen LogP contribution in [0.2, 0.25) is 0 Å². The van der Waals surface area contributed by atoms with Crippen molar-refractivity contribution in [2.75, 3.05) is 63.9 Å². The lowest BCUT2D eigenvalue weighted by molar-refractivity contribution is -0.122. The molecule has 0 aliphatic carbocycles. The van der Waals surface area contributed by atoms with Crippen molar-refractivity contribution in [3.05, 3.63) is 30.3 Å². The molecule has 2 aliphatic rings. The molecule has 2 saturated heterocycles. The molecular formula is C23H36N4O3. The van der Waals surface area contributed by atoms with Crippen molar-refractivity contribution in [1.29, 1.82) is 0 Å². The summed E-state index contributed by atoms with van der Waals surface area (Å²) in [7, 11) is 0. The molecule has 3 rings (SSSR count). The first-order chi connectivity index (χ1) is 14.5. The van der Waals surface area contributed by atoms with Crippen molar-refractivity contribution >= 4 is 17.7 Å². The number of carbonyl (C=O) groups is 2. The lowest BCUT2D eigenvalue weighted by Crippen LogP contribution is -2.41. The van der Waals surface area contributed by atoms with Crippen molar-refractivity contribution < 1.29 is 14.3 Å². The van der Waals surface area contributed by atoms with Crippen molar-refractivity contribution in [2.24, 2.45) is 11.8 Å². The number of hydrogen-bond acceptors (Lipinski definition) is 5. The molecule has 1 atom stereocenters. The predicted octanol–water partition coefficient (Wildman–Crippen LogP) is 2.43. The highest BCUT2D eigenvalue weighted by Gasteiger charge is 2.24. The van der Waals surface area contributed by atoms with Gasteiger partial charge in [-0.1, -0.05) is 32.0 Å². The summed E-state index contributed by atoms with van der Waals surface area (Å²) in [5, 5.41) is 3.12. The van der Waals surface area contributed by atoms with Crippen LogP contribution in [0.3, 0.4) is 0 Å². The number of para-hydroxylation sites is 1. The average molecular weight is 417 g/mol. The summed E-state index contributed by atoms with van der Waals surface area (Å²) < 4.78 is 5.34. The molecule has 0 aromatic heterocycles. The number of amides is 2. The summed E-state index contributed by atoms with van der Waals surface area (Å²) in [6, 6.07) is 10.5. The minimum Gasteiger partial charge on any atom is -0.449 e. The van der Waals surface area contributed by atoms with E-state index >= 15 is 0 Å². The van der Waals surface area contributed by atoms with Gasteiger partial charge in [-0.15, -0.1) is 0 Å². The maximum atomic E-state index is 12.5. The van der Waals surface area contributed by atoms with Gasteiger partial charge in [-0.2, -0.15) is 0 Å². The number of rotatable bonds is 7. The van der Waals surface area contributed by atoms with Gasteiger partial charge < -0.3 is 19.9 Å². The number of nitrogens with zero attached hydrogens (tertiary/aromatic N) is 3. The van der Waals surface area contributed by atoms with E-state index in [1.54, 1.807) is 4.90 Å². The Kier molecular flexibility index (Phi) is 8.37. The predicted molar refractivity (Wildman–Crippen MR) is 119 cm³/mol. The number of ether oxygens (including phenoxy) is 1. The van der Waals surface area contributed by atoms with Crippen LogP contribution in [0.25, 0.3) is 0 Å². The average Bonchev–Trinajstić information content (AvgIpc) is 3.10. The van der Waals surface area contributed by atoms with Crippen LogP contribution in [0.1, 0.15) is 26.7 Å². The van der Waals surface area contributed by atoms with E-state index in [4.69, 9.17) is 4.74 Å². The van der Waals surface area contributed by atoms with Gasteiger partial charge in [0.2, 0.25) is 5.91 Å². The molecular weight excluding hydrogens is 380 g/mol. The molecule has 2 fully saturated rings. The fourth-order valence-electron chi connectivity index (χ4n) is 4.03. The monoisotopic (exact) mass is 416 g/mol. The van der Waals surface area contributed by atoms with Gasteiger partial charge in [0, 0.05) is 51.5 Å². The zero-order valence-corrected chi connectivity index (χ0v) is 18.4. The Hall–Kier alpha value is -2.28. The highest BCUT2D eigenvalue weighted by molar-refractivity contribution is 5.78. The highest BCUT2D eigenvalue weighted by atomic mass is 16.6. The first-order valence-corrected chi connectivity index (χ1v) is 11.2. The standard InChI is InChI=1S/C23H36N4O3/c1-19(2)18-30-23(29)26-11-6-10-25(13-14-26)17-22(28)24-15-20-9-12-27(16-20)21-7-4-3-5-8-21/h3-5,7-8,19-20H,6,9-18H2,1-2H3,(H,24,28). The van der Waals surface area contributed by atoms with E-state index < -0.39 is 0 Å². The van der Waals surface area contributed by atoms with Gasteiger partial charge in [-0.05, 0) is 36.8 Å². The molecule has 1 unspecified atom stereocenters. The van der Waals surface area contributed by atoms with Gasteiger partial charge >= 0.3 is 6.09 Å². The minimum absolute atomic E-state index is 0.0731. The van der Waals surface area contributed by atoms with Crippen LogP contribution in [0.5, 0.6) is 0 Å². The van der Waals surface area contributed by atoms with Gasteiger partial charge in [0.05, 0.1) is 13.2 Å². The molecule has 2 aliphatic heterocycles. The molecule has 7 heteroatoms. The number of nitrogens with one attached hydrogen (secondary N) is 1. The first-order valence-electron chi connectivity index (χ1n) is 11.2. The maximum absolute atomic E-state index is 12.5. The number of anilines is 1. The first kappa shape index (κ1) is 22.4. The maximum Gasteiger partial charge on any atom is 0.409 e. The van der Waals surface area contributed by atoms with Crippen molar-refractivity contribution in [1.82, 2.24) is 15.1 Å². The minimum atomic E-state index is -0.237. The second kappa shape index (κ2) is 11.2. The molecule has 2 heterocycles. The van der Waals surface area contributed by atoms with Crippen LogP contribution in [0.15, 0.2) is 30.3 Å². The molecule has 1 N–H and O–H groups in total. The van der Waals surface area contributed by atoms with Crippen molar-refractivity contribution in [3.63, 3.8) is 0 Å². The Balaban J connectivity index is 1.35. The lowest BCUT2D eigenvalue weighted by atomic mass is 10.1. The molecule has 0 saturated carbocycles. The summed E-state index contributed by atoms with van der Waals surface area (Å²) in [6.45, 7) is 10.5. The van der Waals surface area contributed by atoms with E-state index in [-0.39, 0.29) is 12.0 Å². The second-order valence-electron chi connectivity index (χ2n) is 8.83. The third-order valence-corrected chi connectivity index (χ3v) is 5.75. The lowest BCUT2D eigenvalue weighted by Gasteiger charge is -2.22. The molecule has 0 spiro atoms. The second-order valence-corrected chi connectivity index (χ2v) is 8.83. The molecule has 1 aromatic carbocycles. The third kappa shape index (κ3) is 6.90. The summed E-state index contributed by atoms with van der Waals surface area (Å²) in [5.74, 6) is 0.897. The van der Waals surface area contributed by atoms with E-state index in [1.165, 1.54) is 5.69 Å². The molecule has 30 heavy (non-hydrogen) atoms. The Morgan fingerprint density at radius 1 is 1.10 bits per heavy atom. The molecule has 0 radical (unpaired) electrons. The fourth-order valence-corrected chi connectivity index (χ4v) is 4.03. The van der Waals surface area contributed by atoms with E-state index in [9.17, 15) is 9.59 Å². The number of benzene rings is 1. The van der Waals surface area contributed by atoms with E-state index in [1.807, 2.05) is 19.9 Å². The molecule has 2 amide bonds. The van der Waals surface area contributed by atoms with Crippen molar-refractivity contribution in [2.45, 2.75) is 26.7 Å². The van der Waals surface area contributed by atoms with Gasteiger partial charge in [0.15, 0.2) is 0 Å². The van der Waals surface area contributed by atoms with E-state index in [2.05, 4.69) is 39.4 Å². The van der Waals surface area contributed by atoms with Crippen LogP contribution in [0.4, 0.5) is 10.5 Å². The summed E-state index contributed by atoms with van der Waals surface area (Å²) in [4.78, 5) is 30.9. The van der Waals surface area contributed by atoms with Crippen molar-refractivity contribution in [3.8, 4) is 0 Å². The van der Waals surface area contributed by atoms with Gasteiger partial charge in [-0.3, -0.25) is 9.69 Å². The quantitative estimate of drug-likeness (QED) is 0.740. The molecule has 166 valence electrons. The summed E-state index contributed by atoms with van der Waals surface area (Å²) in [5.41, 5.74) is 1.26. The molecule has 7 nitrogen and oxygen atoms in total. The van der Waals surface area contributed by atoms with Gasteiger partial charge in [-0.25, -0.2) is 4.79 Å². The summed E-state index contributed by atoms with van der Waals surface area (Å²) in [6.07, 6.45) is 1.73. The number of carbonyl (C=O) groups excluding carboxylic acids is 2. The van der Waals surface area contributed by atoms with Gasteiger partial charge in [0.1, 0.15) is 0 Å². The van der Waals surface area contributed by atoms with Crippen LogP contribution in [-0.4, -0.2) is 80.8 Å². The van der Waals surface area contributed by atoms with Crippen LogP contribution in [-0.2, 0) is 9.53 Å². The zero-order valence-electron chi connectivity index (χ0n) is 18.4. The number of hydrogen-bond donors (Lipinski definition) is 1. The van der Waals surface area contributed by atoms with E-state index in [0.29, 0.717) is 44.6 Å². The third-order valence-electron chi connectivity index (χ3n) is 5.75. The van der Waals surface area contributed by atoms with Gasteiger partial charge in [0.25, 0.3) is 0 Å². The van der Waals surface area contributed by atoms with E-state index in [0.717, 1.165) is 39.0 Å². The Bertz CT molecular complexity index is 682. The largest absolute Gasteiger partial charge is 0.449 e. The fraction of sp³-hybridized carbons (Fsp3) is 0.652. The summed E-state index contributed by atoms with van der Waals surface area (Å²) >= 11 is 0. The SMILES string of the molecule is CC(C)COC(=O)N1CCCN(CC(=O)NCC2CCN(c3ccccc3)C2)CC1. The molecule has 1 aromatic rings. The topological polar surface area (TPSA) is 65.1 Å². The Morgan fingerprint density at radius 3 is 2.67 bits per heavy atom. The van der Waals surface area contributed by atoms with Crippen LogP contribution >= 0.6 is 0 Å². The highest BCUT2D eigenvalue weighted by Crippen LogP contribution is 2.22. The van der Waals surface area contributed by atoms with Crippen LogP contribution < -0.4 is 10.2 Å². The normalized spacial score (nSPS) is 20.3. The Labute approximate surface area is 180 Å². The zero-order chi connectivity index (χ0) is 21.3. The smallest absolute Gasteiger partial charge is 0.409 e. The van der Waals surface area contributed by atoms with Crippen LogP contribution in [0, 0.1) is 11.8 Å². The Morgan fingerprint density at radius 2 is 1.90 bits per heavy atom.